The first kappa shape index (κ1) is 6.30. The largest absolute Gasteiger partial charge is 0.325 e. The lowest BCUT2D eigenvalue weighted by Gasteiger charge is -1.95. The van der Waals surface area contributed by atoms with Crippen molar-refractivity contribution in [2.24, 2.45) is 5.73 Å². The molecule has 2 rings (SSSR count). The monoisotopic (exact) mass is 148 g/mol. The topological polar surface area (TPSA) is 56.2 Å². The van der Waals surface area contributed by atoms with Crippen LogP contribution in [0, 0.1) is 0 Å². The van der Waals surface area contributed by atoms with Gasteiger partial charge in [0.15, 0.2) is 0 Å². The van der Waals surface area contributed by atoms with Crippen molar-refractivity contribution in [1.29, 1.82) is 0 Å². The molecule has 0 atom stereocenters. The Morgan fingerprint density at radius 3 is 3.18 bits per heavy atom. The molecule has 2 heterocycles. The number of aromatic nitrogens is 3. The summed E-state index contributed by atoms with van der Waals surface area (Å²) in [5, 5.41) is 0. The van der Waals surface area contributed by atoms with E-state index in [1.807, 2.05) is 22.9 Å². The molecule has 0 aliphatic carbocycles. The molecule has 0 spiro atoms. The molecule has 0 saturated heterocycles. The Morgan fingerprint density at radius 1 is 1.45 bits per heavy atom. The van der Waals surface area contributed by atoms with Crippen LogP contribution in [0.4, 0.5) is 0 Å². The second kappa shape index (κ2) is 2.32. The van der Waals surface area contributed by atoms with E-state index >= 15 is 0 Å². The van der Waals surface area contributed by atoms with Gasteiger partial charge in [-0.05, 0) is 6.07 Å². The average Bonchev–Trinajstić information content (AvgIpc) is 2.50. The van der Waals surface area contributed by atoms with Crippen LogP contribution in [0.3, 0.4) is 0 Å². The lowest BCUT2D eigenvalue weighted by Crippen LogP contribution is -2.00. The minimum atomic E-state index is 0.462. The van der Waals surface area contributed by atoms with E-state index in [1.165, 1.54) is 0 Å². The molecule has 11 heavy (non-hydrogen) atoms. The van der Waals surface area contributed by atoms with E-state index in [4.69, 9.17) is 5.73 Å². The quantitative estimate of drug-likeness (QED) is 0.628. The minimum Gasteiger partial charge on any atom is -0.325 e. The molecule has 0 unspecified atom stereocenters. The molecule has 2 aromatic rings. The van der Waals surface area contributed by atoms with Gasteiger partial charge in [0, 0.05) is 25.1 Å². The second-order valence-electron chi connectivity index (χ2n) is 2.26. The number of nitrogens with zero attached hydrogens (tertiary/aromatic N) is 3. The zero-order chi connectivity index (χ0) is 7.68. The van der Waals surface area contributed by atoms with E-state index in [0.717, 1.165) is 5.69 Å². The van der Waals surface area contributed by atoms with Crippen molar-refractivity contribution in [2.75, 3.05) is 0 Å². The zero-order valence-corrected chi connectivity index (χ0v) is 5.94. The molecule has 0 bridgehead atoms. The molecule has 0 aliphatic rings. The number of imidazole rings is 1. The van der Waals surface area contributed by atoms with Crippen LogP contribution in [0.1, 0.15) is 5.69 Å². The number of nitrogens with two attached hydrogens (primary N) is 1. The Hall–Kier alpha value is -1.42. The van der Waals surface area contributed by atoms with Gasteiger partial charge in [0.25, 0.3) is 0 Å². The Bertz CT molecular complexity index is 365. The third kappa shape index (κ3) is 0.969. The fourth-order valence-corrected chi connectivity index (χ4v) is 0.954. The number of hydrogen-bond donors (Lipinski definition) is 1. The Labute approximate surface area is 63.7 Å². The molecule has 0 fully saturated rings. The van der Waals surface area contributed by atoms with Gasteiger partial charge < -0.3 is 5.73 Å². The fraction of sp³-hybridized carbons (Fsp3) is 0.143. The average molecular weight is 148 g/mol. The molecule has 0 aromatic carbocycles. The van der Waals surface area contributed by atoms with Crippen molar-refractivity contribution in [1.82, 2.24) is 14.4 Å². The van der Waals surface area contributed by atoms with Gasteiger partial charge >= 0.3 is 0 Å². The van der Waals surface area contributed by atoms with Gasteiger partial charge in [-0.3, -0.25) is 4.40 Å². The summed E-state index contributed by atoms with van der Waals surface area (Å²) in [6.07, 6.45) is 5.46. The van der Waals surface area contributed by atoms with Gasteiger partial charge in [-0.1, -0.05) is 0 Å². The predicted molar refractivity (Wildman–Crippen MR) is 40.9 cm³/mol. The lowest BCUT2D eigenvalue weighted by molar-refractivity contribution is 0.962. The molecule has 4 heteroatoms. The third-order valence-electron chi connectivity index (χ3n) is 1.53. The Kier molecular flexibility index (Phi) is 1.33. The van der Waals surface area contributed by atoms with E-state index < -0.39 is 0 Å². The van der Waals surface area contributed by atoms with Crippen molar-refractivity contribution in [3.05, 3.63) is 30.4 Å². The van der Waals surface area contributed by atoms with Crippen molar-refractivity contribution in [2.45, 2.75) is 6.54 Å². The van der Waals surface area contributed by atoms with Crippen molar-refractivity contribution < 1.29 is 0 Å². The van der Waals surface area contributed by atoms with E-state index in [2.05, 4.69) is 9.97 Å². The highest BCUT2D eigenvalue weighted by Gasteiger charge is 1.94. The van der Waals surface area contributed by atoms with Gasteiger partial charge in [0.1, 0.15) is 0 Å². The molecule has 0 amide bonds. The number of rotatable bonds is 1. The summed E-state index contributed by atoms with van der Waals surface area (Å²) < 4.78 is 1.85. The van der Waals surface area contributed by atoms with E-state index in [0.29, 0.717) is 12.3 Å². The molecule has 0 saturated carbocycles. The second-order valence-corrected chi connectivity index (χ2v) is 2.26. The third-order valence-corrected chi connectivity index (χ3v) is 1.53. The summed E-state index contributed by atoms with van der Waals surface area (Å²) >= 11 is 0. The highest BCUT2D eigenvalue weighted by Crippen LogP contribution is 1.98. The van der Waals surface area contributed by atoms with Crippen LogP contribution >= 0.6 is 0 Å². The summed E-state index contributed by atoms with van der Waals surface area (Å²) in [7, 11) is 0. The van der Waals surface area contributed by atoms with Crippen LogP contribution in [0.2, 0.25) is 0 Å². The normalized spacial score (nSPS) is 10.6. The highest BCUT2D eigenvalue weighted by atomic mass is 15.1. The predicted octanol–water partition coefficient (Wildman–Crippen LogP) is 0.188. The summed E-state index contributed by atoms with van der Waals surface area (Å²) in [5.74, 6) is 0.702. The standard InChI is InChI=1S/C7H8N4/c8-5-6-1-3-11-4-2-9-7(11)10-6/h1-4H,5,8H2. The lowest BCUT2D eigenvalue weighted by atomic mass is 10.4. The zero-order valence-electron chi connectivity index (χ0n) is 5.94. The van der Waals surface area contributed by atoms with Crippen LogP contribution in [-0.4, -0.2) is 14.4 Å². The molecule has 2 N–H and O–H groups in total. The SMILES string of the molecule is NCc1ccn2ccnc2n1. The van der Waals surface area contributed by atoms with Crippen LogP contribution in [0.5, 0.6) is 0 Å². The molecule has 4 nitrogen and oxygen atoms in total. The van der Waals surface area contributed by atoms with Gasteiger partial charge in [0.2, 0.25) is 5.78 Å². The highest BCUT2D eigenvalue weighted by molar-refractivity contribution is 5.28. The van der Waals surface area contributed by atoms with E-state index in [1.54, 1.807) is 6.20 Å². The number of hydrogen-bond acceptors (Lipinski definition) is 3. The summed E-state index contributed by atoms with van der Waals surface area (Å²) in [5.41, 5.74) is 6.27. The van der Waals surface area contributed by atoms with Gasteiger partial charge in [0.05, 0.1) is 5.69 Å². The molecular weight excluding hydrogens is 140 g/mol. The Balaban J connectivity index is 2.67. The van der Waals surface area contributed by atoms with Crippen molar-refractivity contribution in [3.8, 4) is 0 Å². The molecule has 56 valence electrons. The van der Waals surface area contributed by atoms with Gasteiger partial charge in [-0.2, -0.15) is 0 Å². The Morgan fingerprint density at radius 2 is 2.36 bits per heavy atom. The van der Waals surface area contributed by atoms with E-state index in [-0.39, 0.29) is 0 Å². The first-order valence-corrected chi connectivity index (χ1v) is 3.39. The molecular formula is C7H8N4. The van der Waals surface area contributed by atoms with E-state index in [9.17, 15) is 0 Å². The van der Waals surface area contributed by atoms with Crippen molar-refractivity contribution >= 4 is 5.78 Å². The van der Waals surface area contributed by atoms with Gasteiger partial charge in [-0.25, -0.2) is 9.97 Å². The molecule has 2 aromatic heterocycles. The van der Waals surface area contributed by atoms with Crippen LogP contribution in [0.25, 0.3) is 5.78 Å². The summed E-state index contributed by atoms with van der Waals surface area (Å²) in [4.78, 5) is 8.20. The maximum Gasteiger partial charge on any atom is 0.233 e. The molecule has 0 radical (unpaired) electrons. The summed E-state index contributed by atoms with van der Waals surface area (Å²) in [6.45, 7) is 0.462. The van der Waals surface area contributed by atoms with Crippen LogP contribution in [-0.2, 0) is 6.54 Å². The van der Waals surface area contributed by atoms with Crippen LogP contribution in [0.15, 0.2) is 24.7 Å². The first-order chi connectivity index (χ1) is 5.40. The smallest absolute Gasteiger partial charge is 0.233 e. The first-order valence-electron chi connectivity index (χ1n) is 3.39. The van der Waals surface area contributed by atoms with Crippen LogP contribution < -0.4 is 5.73 Å². The minimum absolute atomic E-state index is 0.462. The fourth-order valence-electron chi connectivity index (χ4n) is 0.954. The maximum atomic E-state index is 5.41. The summed E-state index contributed by atoms with van der Waals surface area (Å²) in [6, 6.07) is 1.88. The maximum absolute atomic E-state index is 5.41. The van der Waals surface area contributed by atoms with Gasteiger partial charge in [-0.15, -0.1) is 0 Å². The van der Waals surface area contributed by atoms with Crippen molar-refractivity contribution in [3.63, 3.8) is 0 Å². The number of fused-ring (bicyclic) bond motifs is 1. The molecule has 0 aliphatic heterocycles.